The van der Waals surface area contributed by atoms with Gasteiger partial charge >= 0.3 is 0 Å². The van der Waals surface area contributed by atoms with Crippen LogP contribution >= 0.6 is 11.6 Å². The molecule has 1 aromatic rings. The molecular formula is C9H8ClFO. The van der Waals surface area contributed by atoms with Gasteiger partial charge in [-0.2, -0.15) is 0 Å². The molecule has 0 bridgehead atoms. The van der Waals surface area contributed by atoms with Gasteiger partial charge in [-0.3, -0.25) is 4.79 Å². The summed E-state index contributed by atoms with van der Waals surface area (Å²) in [6, 6.07) is 4.43. The molecule has 0 saturated heterocycles. The average Bonchev–Trinajstić information content (AvgIpc) is 2.03. The molecule has 0 fully saturated rings. The number of aryl methyl sites for hydroxylation is 1. The van der Waals surface area contributed by atoms with Crippen molar-refractivity contribution in [1.82, 2.24) is 0 Å². The first kappa shape index (κ1) is 9.20. The number of carbonyl (C=O) groups excluding carboxylic acids is 1. The van der Waals surface area contributed by atoms with Crippen molar-refractivity contribution >= 4 is 16.8 Å². The van der Waals surface area contributed by atoms with Crippen molar-refractivity contribution in [3.63, 3.8) is 0 Å². The zero-order valence-corrected chi connectivity index (χ0v) is 7.36. The zero-order chi connectivity index (χ0) is 9.14. The van der Waals surface area contributed by atoms with Crippen LogP contribution in [0.5, 0.6) is 0 Å². The zero-order valence-electron chi connectivity index (χ0n) is 6.60. The highest BCUT2D eigenvalue weighted by molar-refractivity contribution is 6.67. The number of halogens is 2. The van der Waals surface area contributed by atoms with Crippen LogP contribution in [0, 0.1) is 5.82 Å². The molecular weight excluding hydrogens is 179 g/mol. The highest BCUT2D eigenvalue weighted by Gasteiger charge is 2.08. The highest BCUT2D eigenvalue weighted by Crippen LogP contribution is 2.12. The van der Waals surface area contributed by atoms with Crippen LogP contribution in [-0.2, 0) is 6.42 Å². The maximum atomic E-state index is 13.0. The molecule has 0 aromatic heterocycles. The first-order valence-corrected chi connectivity index (χ1v) is 4.01. The second kappa shape index (κ2) is 3.68. The van der Waals surface area contributed by atoms with Gasteiger partial charge in [0.15, 0.2) is 0 Å². The number of benzene rings is 1. The molecule has 0 aliphatic heterocycles. The SMILES string of the molecule is CCc1ccc(C(=O)Cl)c(F)c1. The largest absolute Gasteiger partial charge is 0.275 e. The normalized spacial score (nSPS) is 9.92. The fourth-order valence-corrected chi connectivity index (χ4v) is 1.09. The first-order valence-electron chi connectivity index (χ1n) is 3.63. The van der Waals surface area contributed by atoms with E-state index in [1.807, 2.05) is 6.92 Å². The molecule has 64 valence electrons. The molecule has 0 aliphatic carbocycles. The molecule has 0 unspecified atom stereocenters. The van der Waals surface area contributed by atoms with Gasteiger partial charge in [0.1, 0.15) is 5.82 Å². The van der Waals surface area contributed by atoms with Gasteiger partial charge in [0.05, 0.1) is 5.56 Å². The lowest BCUT2D eigenvalue weighted by molar-refractivity contribution is 0.107. The Morgan fingerprint density at radius 1 is 1.58 bits per heavy atom. The molecule has 0 heterocycles. The summed E-state index contributed by atoms with van der Waals surface area (Å²) in [5, 5.41) is -0.754. The van der Waals surface area contributed by atoms with Crippen LogP contribution in [-0.4, -0.2) is 5.24 Å². The minimum atomic E-state index is -0.754. The number of rotatable bonds is 2. The summed E-state index contributed by atoms with van der Waals surface area (Å²) >= 11 is 5.13. The third-order valence-corrected chi connectivity index (χ3v) is 1.86. The highest BCUT2D eigenvalue weighted by atomic mass is 35.5. The standard InChI is InChI=1S/C9H8ClFO/c1-2-6-3-4-7(9(10)12)8(11)5-6/h3-5H,2H2,1H3. The van der Waals surface area contributed by atoms with Crippen molar-refractivity contribution in [1.29, 1.82) is 0 Å². The predicted octanol–water partition coefficient (Wildman–Crippen LogP) is 2.77. The summed E-state index contributed by atoms with van der Waals surface area (Å²) in [4.78, 5) is 10.6. The third-order valence-electron chi connectivity index (χ3n) is 1.65. The minimum Gasteiger partial charge on any atom is -0.275 e. The van der Waals surface area contributed by atoms with Crippen LogP contribution in [0.15, 0.2) is 18.2 Å². The lowest BCUT2D eigenvalue weighted by Gasteiger charge is -1.99. The Morgan fingerprint density at radius 3 is 2.67 bits per heavy atom. The molecule has 0 saturated carbocycles. The molecule has 1 rings (SSSR count). The first-order chi connectivity index (χ1) is 5.65. The predicted molar refractivity (Wildman–Crippen MR) is 46.0 cm³/mol. The van der Waals surface area contributed by atoms with E-state index in [0.717, 1.165) is 12.0 Å². The van der Waals surface area contributed by atoms with Gasteiger partial charge in [-0.15, -0.1) is 0 Å². The van der Waals surface area contributed by atoms with E-state index >= 15 is 0 Å². The Hall–Kier alpha value is -0.890. The molecule has 1 aromatic carbocycles. The number of hydrogen-bond acceptors (Lipinski definition) is 1. The van der Waals surface area contributed by atoms with E-state index in [0.29, 0.717) is 0 Å². The van der Waals surface area contributed by atoms with Gasteiger partial charge in [-0.1, -0.05) is 13.0 Å². The van der Waals surface area contributed by atoms with Crippen LogP contribution in [0.4, 0.5) is 4.39 Å². The Bertz CT molecular complexity index is 309. The van der Waals surface area contributed by atoms with Crippen molar-refractivity contribution in [2.24, 2.45) is 0 Å². The van der Waals surface area contributed by atoms with Gasteiger partial charge in [-0.05, 0) is 35.7 Å². The van der Waals surface area contributed by atoms with Gasteiger partial charge in [0.25, 0.3) is 5.24 Å². The lowest BCUT2D eigenvalue weighted by Crippen LogP contribution is -1.95. The van der Waals surface area contributed by atoms with Crippen molar-refractivity contribution in [3.05, 3.63) is 35.1 Å². The van der Waals surface area contributed by atoms with Crippen LogP contribution in [0.1, 0.15) is 22.8 Å². The maximum Gasteiger partial charge on any atom is 0.255 e. The van der Waals surface area contributed by atoms with E-state index in [1.165, 1.54) is 12.1 Å². The van der Waals surface area contributed by atoms with E-state index < -0.39 is 11.1 Å². The van der Waals surface area contributed by atoms with Crippen LogP contribution in [0.25, 0.3) is 0 Å². The summed E-state index contributed by atoms with van der Waals surface area (Å²) in [6.45, 7) is 1.91. The molecule has 1 nitrogen and oxygen atoms in total. The van der Waals surface area contributed by atoms with Crippen molar-refractivity contribution in [2.45, 2.75) is 13.3 Å². The second-order valence-electron chi connectivity index (χ2n) is 2.44. The molecule has 0 atom stereocenters. The van der Waals surface area contributed by atoms with Crippen LogP contribution in [0.2, 0.25) is 0 Å². The van der Waals surface area contributed by atoms with Crippen molar-refractivity contribution < 1.29 is 9.18 Å². The quantitative estimate of drug-likeness (QED) is 0.650. The number of hydrogen-bond donors (Lipinski definition) is 0. The van der Waals surface area contributed by atoms with E-state index in [2.05, 4.69) is 0 Å². The summed E-state index contributed by atoms with van der Waals surface area (Å²) in [5.74, 6) is -0.547. The van der Waals surface area contributed by atoms with Gasteiger partial charge in [0.2, 0.25) is 0 Å². The lowest BCUT2D eigenvalue weighted by atomic mass is 10.1. The van der Waals surface area contributed by atoms with Crippen molar-refractivity contribution in [2.75, 3.05) is 0 Å². The Morgan fingerprint density at radius 2 is 2.25 bits per heavy atom. The summed E-state index contributed by atoms with van der Waals surface area (Å²) in [6.07, 6.45) is 0.744. The smallest absolute Gasteiger partial charge is 0.255 e. The molecule has 0 aliphatic rings. The number of carbonyl (C=O) groups is 1. The van der Waals surface area contributed by atoms with Gasteiger partial charge in [0, 0.05) is 0 Å². The van der Waals surface area contributed by atoms with Crippen molar-refractivity contribution in [3.8, 4) is 0 Å². The third kappa shape index (κ3) is 1.83. The maximum absolute atomic E-state index is 13.0. The fraction of sp³-hybridized carbons (Fsp3) is 0.222. The Labute approximate surface area is 75.2 Å². The fourth-order valence-electron chi connectivity index (χ4n) is 0.938. The van der Waals surface area contributed by atoms with Gasteiger partial charge in [-0.25, -0.2) is 4.39 Å². The summed E-state index contributed by atoms with van der Waals surface area (Å²) in [5.41, 5.74) is 0.794. The Kier molecular flexibility index (Phi) is 2.82. The summed E-state index contributed by atoms with van der Waals surface area (Å²) in [7, 11) is 0. The van der Waals surface area contributed by atoms with E-state index in [4.69, 9.17) is 11.6 Å². The average molecular weight is 187 g/mol. The van der Waals surface area contributed by atoms with E-state index in [9.17, 15) is 9.18 Å². The topological polar surface area (TPSA) is 17.1 Å². The monoisotopic (exact) mass is 186 g/mol. The molecule has 0 radical (unpaired) electrons. The minimum absolute atomic E-state index is 0.0612. The molecule has 0 amide bonds. The molecule has 0 spiro atoms. The van der Waals surface area contributed by atoms with Crippen LogP contribution < -0.4 is 0 Å². The van der Waals surface area contributed by atoms with E-state index in [1.54, 1.807) is 6.07 Å². The molecule has 3 heteroatoms. The second-order valence-corrected chi connectivity index (χ2v) is 2.78. The Balaban J connectivity index is 3.12. The molecule has 0 N–H and O–H groups in total. The van der Waals surface area contributed by atoms with E-state index in [-0.39, 0.29) is 5.56 Å². The summed E-state index contributed by atoms with van der Waals surface area (Å²) < 4.78 is 13.0. The molecule has 12 heavy (non-hydrogen) atoms. The van der Waals surface area contributed by atoms with Gasteiger partial charge < -0.3 is 0 Å². The van der Waals surface area contributed by atoms with Crippen LogP contribution in [0.3, 0.4) is 0 Å².